The van der Waals surface area contributed by atoms with Gasteiger partial charge in [-0.2, -0.15) is 0 Å². The van der Waals surface area contributed by atoms with Crippen molar-refractivity contribution in [1.82, 2.24) is 4.98 Å². The summed E-state index contributed by atoms with van der Waals surface area (Å²) in [6.07, 6.45) is 1.72. The van der Waals surface area contributed by atoms with Crippen molar-refractivity contribution in [2.45, 2.75) is 32.3 Å². The van der Waals surface area contributed by atoms with Gasteiger partial charge in [-0.1, -0.05) is 23.2 Å². The summed E-state index contributed by atoms with van der Waals surface area (Å²) >= 11 is 12.3. The Bertz CT molecular complexity index is 465. The molecule has 0 spiro atoms. The van der Waals surface area contributed by atoms with E-state index in [0.717, 1.165) is 25.9 Å². The zero-order chi connectivity index (χ0) is 14.0. The summed E-state index contributed by atoms with van der Waals surface area (Å²) < 4.78 is 0. The third kappa shape index (κ3) is 3.44. The highest BCUT2D eigenvalue weighted by Gasteiger charge is 2.30. The van der Waals surface area contributed by atoms with Crippen molar-refractivity contribution in [3.8, 4) is 0 Å². The molecule has 0 radical (unpaired) electrons. The fourth-order valence-electron chi connectivity index (χ4n) is 2.37. The number of anilines is 2. The van der Waals surface area contributed by atoms with Crippen LogP contribution in [0.2, 0.25) is 10.0 Å². The highest BCUT2D eigenvalue weighted by molar-refractivity contribution is 6.37. The van der Waals surface area contributed by atoms with Gasteiger partial charge in [-0.25, -0.2) is 4.98 Å². The first-order valence-corrected chi connectivity index (χ1v) is 7.26. The summed E-state index contributed by atoms with van der Waals surface area (Å²) in [6, 6.07) is 1.70. The smallest absolute Gasteiger partial charge is 0.150 e. The van der Waals surface area contributed by atoms with Crippen molar-refractivity contribution in [1.29, 1.82) is 0 Å². The number of hydrogen-bond donors (Lipinski definition) is 2. The topological polar surface area (TPSA) is 48.4 Å². The highest BCUT2D eigenvalue weighted by atomic mass is 35.5. The van der Waals surface area contributed by atoms with E-state index in [2.05, 4.69) is 10.3 Å². The summed E-state index contributed by atoms with van der Waals surface area (Å²) in [5, 5.41) is 14.3. The van der Waals surface area contributed by atoms with Gasteiger partial charge in [0.2, 0.25) is 0 Å². The SMILES string of the molecule is CCNc1nc(N2CCCC(C)(O)C2)c(Cl)cc1Cl. The number of nitrogens with zero attached hydrogens (tertiary/aromatic N) is 2. The fourth-order valence-corrected chi connectivity index (χ4v) is 2.92. The second-order valence-electron chi connectivity index (χ2n) is 5.18. The van der Waals surface area contributed by atoms with Crippen molar-refractivity contribution in [3.63, 3.8) is 0 Å². The van der Waals surface area contributed by atoms with Crippen LogP contribution in [0, 0.1) is 0 Å². The van der Waals surface area contributed by atoms with Crippen molar-refractivity contribution in [3.05, 3.63) is 16.1 Å². The lowest BCUT2D eigenvalue weighted by Gasteiger charge is -2.38. The van der Waals surface area contributed by atoms with Gasteiger partial charge in [0.1, 0.15) is 11.6 Å². The van der Waals surface area contributed by atoms with Crippen molar-refractivity contribution in [2.24, 2.45) is 0 Å². The van der Waals surface area contributed by atoms with Crippen LogP contribution in [0.3, 0.4) is 0 Å². The van der Waals surface area contributed by atoms with E-state index >= 15 is 0 Å². The van der Waals surface area contributed by atoms with E-state index in [0.29, 0.717) is 28.2 Å². The zero-order valence-electron chi connectivity index (χ0n) is 11.2. The predicted molar refractivity (Wildman–Crippen MR) is 80.5 cm³/mol. The van der Waals surface area contributed by atoms with Crippen LogP contribution >= 0.6 is 23.2 Å². The molecule has 0 bridgehead atoms. The van der Waals surface area contributed by atoms with E-state index in [4.69, 9.17) is 23.2 Å². The second kappa shape index (κ2) is 5.73. The van der Waals surface area contributed by atoms with Gasteiger partial charge in [0.15, 0.2) is 0 Å². The normalized spacial score (nSPS) is 23.5. The van der Waals surface area contributed by atoms with Crippen molar-refractivity contribution in [2.75, 3.05) is 29.9 Å². The number of β-amino-alcohol motifs (C(OH)–C–C–N with tert-alkyl or cyclic N) is 1. The molecule has 1 atom stereocenters. The Morgan fingerprint density at radius 1 is 1.47 bits per heavy atom. The van der Waals surface area contributed by atoms with Crippen molar-refractivity contribution >= 4 is 34.8 Å². The number of aromatic nitrogens is 1. The van der Waals surface area contributed by atoms with Gasteiger partial charge in [-0.05, 0) is 32.8 Å². The molecule has 19 heavy (non-hydrogen) atoms. The Balaban J connectivity index is 2.30. The van der Waals surface area contributed by atoms with Crippen molar-refractivity contribution < 1.29 is 5.11 Å². The molecule has 1 saturated heterocycles. The second-order valence-corrected chi connectivity index (χ2v) is 5.99. The van der Waals surface area contributed by atoms with Crippen LogP contribution in [0.1, 0.15) is 26.7 Å². The lowest BCUT2D eigenvalue weighted by molar-refractivity contribution is 0.0447. The predicted octanol–water partition coefficient (Wildman–Crippen LogP) is 3.17. The molecule has 1 aliphatic heterocycles. The molecular formula is C13H19Cl2N3O. The minimum Gasteiger partial charge on any atom is -0.388 e. The van der Waals surface area contributed by atoms with Gasteiger partial charge >= 0.3 is 0 Å². The molecular weight excluding hydrogens is 285 g/mol. The third-order valence-electron chi connectivity index (χ3n) is 3.23. The largest absolute Gasteiger partial charge is 0.388 e. The molecule has 6 heteroatoms. The Hall–Kier alpha value is -0.710. The lowest BCUT2D eigenvalue weighted by Crippen LogP contribution is -2.46. The molecule has 106 valence electrons. The van der Waals surface area contributed by atoms with Crippen LogP contribution in [-0.4, -0.2) is 35.3 Å². The number of pyridine rings is 1. The summed E-state index contributed by atoms with van der Waals surface area (Å²) in [4.78, 5) is 6.51. The van der Waals surface area contributed by atoms with Gasteiger partial charge < -0.3 is 15.3 Å². The molecule has 1 aliphatic rings. The average Bonchev–Trinajstić information content (AvgIpc) is 2.31. The van der Waals surface area contributed by atoms with Crippen LogP contribution in [0.5, 0.6) is 0 Å². The van der Waals surface area contributed by atoms with E-state index in [9.17, 15) is 5.11 Å². The molecule has 0 amide bonds. The van der Waals surface area contributed by atoms with E-state index in [1.54, 1.807) is 6.07 Å². The quantitative estimate of drug-likeness (QED) is 0.900. The zero-order valence-corrected chi connectivity index (χ0v) is 12.7. The van der Waals surface area contributed by atoms with Crippen LogP contribution in [0.4, 0.5) is 11.6 Å². The molecule has 1 unspecified atom stereocenters. The fraction of sp³-hybridized carbons (Fsp3) is 0.615. The summed E-state index contributed by atoms with van der Waals surface area (Å²) in [5.74, 6) is 1.32. The monoisotopic (exact) mass is 303 g/mol. The summed E-state index contributed by atoms with van der Waals surface area (Å²) in [7, 11) is 0. The van der Waals surface area contributed by atoms with Gasteiger partial charge in [0, 0.05) is 19.6 Å². The average molecular weight is 304 g/mol. The minimum absolute atomic E-state index is 0.513. The molecule has 1 aromatic heterocycles. The maximum Gasteiger partial charge on any atom is 0.150 e. The Morgan fingerprint density at radius 2 is 2.21 bits per heavy atom. The Kier molecular flexibility index (Phi) is 4.43. The number of aliphatic hydroxyl groups is 1. The lowest BCUT2D eigenvalue weighted by atomic mass is 9.95. The maximum atomic E-state index is 10.2. The highest BCUT2D eigenvalue weighted by Crippen LogP contribution is 2.34. The Labute approximate surface area is 123 Å². The molecule has 2 rings (SSSR count). The maximum absolute atomic E-state index is 10.2. The minimum atomic E-state index is -0.693. The van der Waals surface area contributed by atoms with Gasteiger partial charge in [-0.3, -0.25) is 0 Å². The van der Waals surface area contributed by atoms with Crippen LogP contribution in [-0.2, 0) is 0 Å². The number of piperidine rings is 1. The Morgan fingerprint density at radius 3 is 2.84 bits per heavy atom. The molecule has 0 aromatic carbocycles. The van der Waals surface area contributed by atoms with Crippen LogP contribution in [0.25, 0.3) is 0 Å². The van der Waals surface area contributed by atoms with E-state index in [1.807, 2.05) is 18.7 Å². The molecule has 0 saturated carbocycles. The van der Waals surface area contributed by atoms with Crippen LogP contribution in [0.15, 0.2) is 6.07 Å². The molecule has 1 aromatic rings. The first-order valence-electron chi connectivity index (χ1n) is 6.50. The van der Waals surface area contributed by atoms with Gasteiger partial charge in [0.05, 0.1) is 15.6 Å². The number of halogens is 2. The molecule has 1 fully saturated rings. The van der Waals surface area contributed by atoms with E-state index in [1.165, 1.54) is 0 Å². The molecule has 2 heterocycles. The summed E-state index contributed by atoms with van der Waals surface area (Å²) in [6.45, 7) is 5.95. The summed E-state index contributed by atoms with van der Waals surface area (Å²) in [5.41, 5.74) is -0.693. The number of rotatable bonds is 3. The first-order chi connectivity index (χ1) is 8.93. The van der Waals surface area contributed by atoms with E-state index in [-0.39, 0.29) is 0 Å². The van der Waals surface area contributed by atoms with Crippen LogP contribution < -0.4 is 10.2 Å². The number of nitrogens with one attached hydrogen (secondary N) is 1. The van der Waals surface area contributed by atoms with Gasteiger partial charge in [-0.15, -0.1) is 0 Å². The molecule has 2 N–H and O–H groups in total. The molecule has 0 aliphatic carbocycles. The van der Waals surface area contributed by atoms with E-state index < -0.39 is 5.60 Å². The number of hydrogen-bond acceptors (Lipinski definition) is 4. The van der Waals surface area contributed by atoms with Gasteiger partial charge in [0.25, 0.3) is 0 Å². The third-order valence-corrected chi connectivity index (χ3v) is 3.80. The molecule has 4 nitrogen and oxygen atoms in total. The standard InChI is InChI=1S/C13H19Cl2N3O/c1-3-16-11-9(14)7-10(15)12(17-11)18-6-4-5-13(2,19)8-18/h7,19H,3-6,8H2,1-2H3,(H,16,17). The first kappa shape index (κ1) is 14.7.